The summed E-state index contributed by atoms with van der Waals surface area (Å²) in [7, 11) is 0. The van der Waals surface area contributed by atoms with Gasteiger partial charge in [-0.25, -0.2) is 4.79 Å². The molecule has 34 heavy (non-hydrogen) atoms. The first-order valence-electron chi connectivity index (χ1n) is 11.0. The number of carboxylic acid groups (broad SMARTS) is 1. The number of hydrogen-bond donors (Lipinski definition) is 4. The van der Waals surface area contributed by atoms with Gasteiger partial charge in [0.1, 0.15) is 12.6 Å². The zero-order valence-corrected chi connectivity index (χ0v) is 18.9. The van der Waals surface area contributed by atoms with Gasteiger partial charge < -0.3 is 20.5 Å². The van der Waals surface area contributed by atoms with E-state index in [2.05, 4.69) is 20.8 Å². The molecular formula is C25H26N4O5. The Bertz CT molecular complexity index is 1170. The van der Waals surface area contributed by atoms with Crippen molar-refractivity contribution in [3.8, 4) is 11.1 Å². The van der Waals surface area contributed by atoms with E-state index in [1.165, 1.54) is 0 Å². The summed E-state index contributed by atoms with van der Waals surface area (Å²) in [6.45, 7) is 3.57. The number of amides is 2. The van der Waals surface area contributed by atoms with Crippen LogP contribution >= 0.6 is 0 Å². The number of aryl methyl sites for hydroxylation is 2. The van der Waals surface area contributed by atoms with Crippen molar-refractivity contribution < 1.29 is 24.2 Å². The van der Waals surface area contributed by atoms with Gasteiger partial charge in [0, 0.05) is 12.3 Å². The fraction of sp³-hybridized carbons (Fsp3) is 0.280. The predicted octanol–water partition coefficient (Wildman–Crippen LogP) is 3.74. The number of ether oxygens (including phenoxy) is 1. The first-order chi connectivity index (χ1) is 16.3. The number of benzene rings is 2. The number of rotatable bonds is 8. The van der Waals surface area contributed by atoms with Crippen molar-refractivity contribution in [2.24, 2.45) is 0 Å². The van der Waals surface area contributed by atoms with Gasteiger partial charge in [-0.3, -0.25) is 14.7 Å². The van der Waals surface area contributed by atoms with Crippen LogP contribution in [0.2, 0.25) is 0 Å². The topological polar surface area (TPSA) is 133 Å². The number of carboxylic acids is 1. The summed E-state index contributed by atoms with van der Waals surface area (Å²) in [6.07, 6.45) is -1.15. The van der Waals surface area contributed by atoms with Crippen molar-refractivity contribution in [3.63, 3.8) is 0 Å². The fourth-order valence-electron chi connectivity index (χ4n) is 4.26. The lowest BCUT2D eigenvalue weighted by atomic mass is 9.98. The number of nitrogens with zero attached hydrogens (tertiary/aromatic N) is 1. The average molecular weight is 463 g/mol. The van der Waals surface area contributed by atoms with E-state index in [-0.39, 0.29) is 25.4 Å². The highest BCUT2D eigenvalue weighted by Crippen LogP contribution is 2.44. The highest BCUT2D eigenvalue weighted by Gasteiger charge is 2.30. The molecule has 1 aliphatic carbocycles. The van der Waals surface area contributed by atoms with Crippen LogP contribution < -0.4 is 10.6 Å². The lowest BCUT2D eigenvalue weighted by molar-refractivity contribution is -0.137. The van der Waals surface area contributed by atoms with Crippen LogP contribution in [-0.4, -0.2) is 45.9 Å². The van der Waals surface area contributed by atoms with Gasteiger partial charge in [0.05, 0.1) is 17.1 Å². The molecule has 4 N–H and O–H groups in total. The van der Waals surface area contributed by atoms with Crippen molar-refractivity contribution in [1.29, 1.82) is 0 Å². The lowest BCUT2D eigenvalue weighted by Crippen LogP contribution is -2.44. The zero-order valence-electron chi connectivity index (χ0n) is 18.9. The van der Waals surface area contributed by atoms with Crippen molar-refractivity contribution in [2.75, 3.05) is 11.9 Å². The quantitative estimate of drug-likeness (QED) is 0.403. The third-order valence-electron chi connectivity index (χ3n) is 5.98. The van der Waals surface area contributed by atoms with Gasteiger partial charge in [0.15, 0.2) is 0 Å². The van der Waals surface area contributed by atoms with Crippen LogP contribution in [0.3, 0.4) is 0 Å². The van der Waals surface area contributed by atoms with Crippen LogP contribution in [0.1, 0.15) is 41.3 Å². The standard InChI is InChI=1S/C25H26N4O5/c1-14-23(15(2)29-28-14)27-24(32)21(11-12-22(30)31)26-25(33)34-13-20-18-9-5-3-7-16(18)17-8-4-6-10-19(17)20/h3-10,20-21H,11-13H2,1-2H3,(H,26,33)(H,27,32)(H,28,29)(H,30,31). The van der Waals surface area contributed by atoms with Crippen LogP contribution in [0.25, 0.3) is 11.1 Å². The van der Waals surface area contributed by atoms with E-state index in [1.807, 2.05) is 48.5 Å². The minimum absolute atomic E-state index is 0.0820. The van der Waals surface area contributed by atoms with Gasteiger partial charge in [0.25, 0.3) is 0 Å². The van der Waals surface area contributed by atoms with Gasteiger partial charge in [-0.15, -0.1) is 0 Å². The monoisotopic (exact) mass is 462 g/mol. The van der Waals surface area contributed by atoms with E-state index in [9.17, 15) is 14.4 Å². The lowest BCUT2D eigenvalue weighted by Gasteiger charge is -2.19. The molecular weight excluding hydrogens is 436 g/mol. The molecule has 0 aliphatic heterocycles. The maximum atomic E-state index is 12.8. The second-order valence-electron chi connectivity index (χ2n) is 8.25. The SMILES string of the molecule is Cc1n[nH]c(C)c1NC(=O)C(CCC(=O)O)NC(=O)OCC1c2ccccc2-c2ccccc21. The van der Waals surface area contributed by atoms with Crippen molar-refractivity contribution in [1.82, 2.24) is 15.5 Å². The molecule has 1 aliphatic rings. The second kappa shape index (κ2) is 9.78. The molecule has 2 aromatic carbocycles. The zero-order chi connectivity index (χ0) is 24.2. The predicted molar refractivity (Wildman–Crippen MR) is 126 cm³/mol. The van der Waals surface area contributed by atoms with Crippen LogP contribution in [0.15, 0.2) is 48.5 Å². The van der Waals surface area contributed by atoms with E-state index >= 15 is 0 Å². The smallest absolute Gasteiger partial charge is 0.407 e. The minimum Gasteiger partial charge on any atom is -0.481 e. The Morgan fingerprint density at radius 2 is 1.68 bits per heavy atom. The van der Waals surface area contributed by atoms with E-state index in [1.54, 1.807) is 13.8 Å². The second-order valence-corrected chi connectivity index (χ2v) is 8.25. The average Bonchev–Trinajstić information content (AvgIpc) is 3.32. The molecule has 1 atom stereocenters. The third-order valence-corrected chi connectivity index (χ3v) is 5.98. The Balaban J connectivity index is 1.44. The molecule has 176 valence electrons. The number of carbonyl (C=O) groups is 3. The number of nitrogens with one attached hydrogen (secondary N) is 3. The Kier molecular flexibility index (Phi) is 6.62. The molecule has 0 saturated carbocycles. The van der Waals surface area contributed by atoms with Crippen LogP contribution in [0, 0.1) is 13.8 Å². The molecule has 9 heteroatoms. The Labute approximate surface area is 196 Å². The normalized spacial score (nSPS) is 13.0. The van der Waals surface area contributed by atoms with Crippen LogP contribution in [0.4, 0.5) is 10.5 Å². The molecule has 0 radical (unpaired) electrons. The molecule has 4 rings (SSSR count). The van der Waals surface area contributed by atoms with Crippen molar-refractivity contribution in [2.45, 2.75) is 38.6 Å². The third kappa shape index (κ3) is 4.78. The number of carbonyl (C=O) groups excluding carboxylic acids is 2. The molecule has 1 aromatic heterocycles. The van der Waals surface area contributed by atoms with Gasteiger partial charge in [-0.05, 0) is 42.5 Å². The van der Waals surface area contributed by atoms with E-state index in [0.29, 0.717) is 17.1 Å². The molecule has 1 heterocycles. The summed E-state index contributed by atoms with van der Waals surface area (Å²) in [5, 5.41) is 21.1. The molecule has 0 saturated heterocycles. The van der Waals surface area contributed by atoms with Crippen LogP contribution in [0.5, 0.6) is 0 Å². The summed E-state index contributed by atoms with van der Waals surface area (Å²) in [4.78, 5) is 36.6. The number of alkyl carbamates (subject to hydrolysis) is 1. The van der Waals surface area contributed by atoms with Gasteiger partial charge in [-0.1, -0.05) is 48.5 Å². The molecule has 2 amide bonds. The fourth-order valence-corrected chi connectivity index (χ4v) is 4.26. The van der Waals surface area contributed by atoms with E-state index in [0.717, 1.165) is 22.3 Å². The highest BCUT2D eigenvalue weighted by atomic mass is 16.5. The van der Waals surface area contributed by atoms with E-state index < -0.39 is 24.0 Å². The summed E-state index contributed by atoms with van der Waals surface area (Å²) in [6, 6.07) is 14.9. The number of H-pyrrole nitrogens is 1. The number of aromatic amines is 1. The Hall–Kier alpha value is -4.14. The maximum absolute atomic E-state index is 12.8. The van der Waals surface area contributed by atoms with Crippen molar-refractivity contribution in [3.05, 3.63) is 71.0 Å². The van der Waals surface area contributed by atoms with E-state index in [4.69, 9.17) is 9.84 Å². The van der Waals surface area contributed by atoms with Crippen LogP contribution in [-0.2, 0) is 14.3 Å². The molecule has 3 aromatic rings. The number of aromatic nitrogens is 2. The summed E-state index contributed by atoms with van der Waals surface area (Å²) in [5.41, 5.74) is 6.10. The number of fused-ring (bicyclic) bond motifs is 3. The highest BCUT2D eigenvalue weighted by molar-refractivity contribution is 5.97. The minimum atomic E-state index is -1.08. The maximum Gasteiger partial charge on any atom is 0.407 e. The summed E-state index contributed by atoms with van der Waals surface area (Å²) in [5.74, 6) is -1.73. The Morgan fingerprint density at radius 3 is 2.24 bits per heavy atom. The molecule has 9 nitrogen and oxygen atoms in total. The number of hydrogen-bond acceptors (Lipinski definition) is 5. The number of anilines is 1. The Morgan fingerprint density at radius 1 is 1.06 bits per heavy atom. The number of aliphatic carboxylic acids is 1. The first-order valence-corrected chi connectivity index (χ1v) is 11.0. The van der Waals surface area contributed by atoms with Gasteiger partial charge in [-0.2, -0.15) is 5.10 Å². The molecule has 0 spiro atoms. The molecule has 1 unspecified atom stereocenters. The summed E-state index contributed by atoms with van der Waals surface area (Å²) >= 11 is 0. The van der Waals surface area contributed by atoms with Gasteiger partial charge in [0.2, 0.25) is 5.91 Å². The van der Waals surface area contributed by atoms with Crippen molar-refractivity contribution >= 4 is 23.7 Å². The van der Waals surface area contributed by atoms with Gasteiger partial charge >= 0.3 is 12.1 Å². The molecule has 0 fully saturated rings. The molecule has 0 bridgehead atoms. The largest absolute Gasteiger partial charge is 0.481 e. The first kappa shape index (κ1) is 23.0. The summed E-state index contributed by atoms with van der Waals surface area (Å²) < 4.78 is 5.51.